The van der Waals surface area contributed by atoms with Crippen LogP contribution in [0.5, 0.6) is 0 Å². The summed E-state index contributed by atoms with van der Waals surface area (Å²) in [5.74, 6) is 0.459. The van der Waals surface area contributed by atoms with Crippen LogP contribution in [-0.2, 0) is 0 Å². The number of carbonyl (C=O) groups is 1. The first-order valence-electron chi connectivity index (χ1n) is 9.25. The monoisotopic (exact) mass is 380 g/mol. The van der Waals surface area contributed by atoms with Crippen molar-refractivity contribution in [2.24, 2.45) is 0 Å². The van der Waals surface area contributed by atoms with Crippen LogP contribution in [0.2, 0.25) is 0 Å². The van der Waals surface area contributed by atoms with E-state index in [0.29, 0.717) is 23.8 Å². The van der Waals surface area contributed by atoms with Crippen molar-refractivity contribution in [3.05, 3.63) is 65.3 Å². The summed E-state index contributed by atoms with van der Waals surface area (Å²) in [6.45, 7) is 4.67. The molecule has 144 valence electrons. The molecule has 6 nitrogen and oxygen atoms in total. The molecule has 1 N–H and O–H groups in total. The maximum atomic E-state index is 13.1. The van der Waals surface area contributed by atoms with E-state index >= 15 is 0 Å². The second-order valence-corrected chi connectivity index (χ2v) is 7.04. The Labute approximate surface area is 162 Å². The minimum Gasteiger partial charge on any atom is -0.337 e. The number of nitrogens with one attached hydrogen (secondary N) is 1. The minimum absolute atomic E-state index is 0.188. The zero-order valence-electron chi connectivity index (χ0n) is 15.8. The first-order chi connectivity index (χ1) is 13.5. The lowest BCUT2D eigenvalue weighted by Crippen LogP contribution is -2.34. The Hall–Kier alpha value is -3.22. The molecule has 1 aliphatic rings. The fourth-order valence-electron chi connectivity index (χ4n) is 3.37. The van der Waals surface area contributed by atoms with Crippen molar-refractivity contribution < 1.29 is 13.7 Å². The van der Waals surface area contributed by atoms with Crippen LogP contribution in [0.3, 0.4) is 0 Å². The highest BCUT2D eigenvalue weighted by molar-refractivity contribution is 5.89. The third kappa shape index (κ3) is 3.60. The molecule has 0 radical (unpaired) electrons. The van der Waals surface area contributed by atoms with Crippen LogP contribution in [0.1, 0.15) is 35.9 Å². The standard InChI is InChI=1S/C21H21FN4O2/c1-13-5-10-17(12-14(13)2)23-21(27)26-11-3-4-18(26)20-24-19(25-28-20)15-6-8-16(22)9-7-15/h5-10,12,18H,3-4,11H2,1-2H3,(H,23,27)/t18-/m1/s1. The van der Waals surface area contributed by atoms with Gasteiger partial charge in [-0.1, -0.05) is 11.2 Å². The Balaban J connectivity index is 1.51. The van der Waals surface area contributed by atoms with Crippen LogP contribution in [0.15, 0.2) is 47.0 Å². The Morgan fingerprint density at radius 3 is 2.71 bits per heavy atom. The first-order valence-corrected chi connectivity index (χ1v) is 9.25. The Morgan fingerprint density at radius 1 is 1.18 bits per heavy atom. The quantitative estimate of drug-likeness (QED) is 0.704. The predicted octanol–water partition coefficient (Wildman–Crippen LogP) is 4.86. The van der Waals surface area contributed by atoms with E-state index in [4.69, 9.17) is 4.52 Å². The van der Waals surface area contributed by atoms with Crippen molar-refractivity contribution in [2.45, 2.75) is 32.7 Å². The second-order valence-electron chi connectivity index (χ2n) is 7.04. The van der Waals surface area contributed by atoms with Gasteiger partial charge in [-0.2, -0.15) is 4.98 Å². The highest BCUT2D eigenvalue weighted by atomic mass is 19.1. The van der Waals surface area contributed by atoms with Gasteiger partial charge in [-0.25, -0.2) is 9.18 Å². The van der Waals surface area contributed by atoms with Gasteiger partial charge in [0.15, 0.2) is 0 Å². The van der Waals surface area contributed by atoms with Gasteiger partial charge in [-0.3, -0.25) is 0 Å². The molecule has 2 amide bonds. The molecule has 1 aliphatic heterocycles. The van der Waals surface area contributed by atoms with Crippen molar-refractivity contribution in [1.29, 1.82) is 0 Å². The largest absolute Gasteiger partial charge is 0.337 e. The summed E-state index contributed by atoms with van der Waals surface area (Å²) in [4.78, 5) is 18.9. The molecule has 0 aliphatic carbocycles. The maximum absolute atomic E-state index is 13.1. The number of amides is 2. The highest BCUT2D eigenvalue weighted by Gasteiger charge is 2.34. The first kappa shape index (κ1) is 18.2. The summed E-state index contributed by atoms with van der Waals surface area (Å²) in [7, 11) is 0. The van der Waals surface area contributed by atoms with Crippen LogP contribution in [0, 0.1) is 19.7 Å². The molecule has 2 aromatic carbocycles. The number of hydrogen-bond acceptors (Lipinski definition) is 4. The fraction of sp³-hybridized carbons (Fsp3) is 0.286. The van der Waals surface area contributed by atoms with Gasteiger partial charge in [-0.05, 0) is 74.2 Å². The molecular formula is C21H21FN4O2. The number of aromatic nitrogens is 2. The third-order valence-corrected chi connectivity index (χ3v) is 5.10. The molecule has 0 unspecified atom stereocenters. The van der Waals surface area contributed by atoms with E-state index in [9.17, 15) is 9.18 Å². The second kappa shape index (κ2) is 7.42. The molecule has 1 aromatic heterocycles. The zero-order chi connectivity index (χ0) is 19.7. The smallest absolute Gasteiger partial charge is 0.322 e. The Kier molecular flexibility index (Phi) is 4.81. The summed E-state index contributed by atoms with van der Waals surface area (Å²) in [5.41, 5.74) is 3.73. The molecule has 7 heteroatoms. The van der Waals surface area contributed by atoms with Crippen LogP contribution in [-0.4, -0.2) is 27.6 Å². The van der Waals surface area contributed by atoms with E-state index in [2.05, 4.69) is 15.5 Å². The van der Waals surface area contributed by atoms with Crippen LogP contribution in [0.4, 0.5) is 14.9 Å². The molecule has 0 spiro atoms. The van der Waals surface area contributed by atoms with Gasteiger partial charge >= 0.3 is 6.03 Å². The molecule has 28 heavy (non-hydrogen) atoms. The number of benzene rings is 2. The molecule has 1 fully saturated rings. The number of rotatable bonds is 3. The summed E-state index contributed by atoms with van der Waals surface area (Å²) in [6.07, 6.45) is 1.62. The lowest BCUT2D eigenvalue weighted by molar-refractivity contribution is 0.193. The van der Waals surface area contributed by atoms with Crippen molar-refractivity contribution in [3.8, 4) is 11.4 Å². The summed E-state index contributed by atoms with van der Waals surface area (Å²) < 4.78 is 18.5. The lowest BCUT2D eigenvalue weighted by atomic mass is 10.1. The number of aryl methyl sites for hydroxylation is 2. The van der Waals surface area contributed by atoms with Gasteiger partial charge in [0.2, 0.25) is 11.7 Å². The van der Waals surface area contributed by atoms with E-state index in [0.717, 1.165) is 24.1 Å². The maximum Gasteiger partial charge on any atom is 0.322 e. The van der Waals surface area contributed by atoms with Crippen molar-refractivity contribution in [1.82, 2.24) is 15.0 Å². The topological polar surface area (TPSA) is 71.3 Å². The molecule has 0 saturated carbocycles. The minimum atomic E-state index is -0.322. The normalized spacial score (nSPS) is 16.4. The van der Waals surface area contributed by atoms with Crippen LogP contribution >= 0.6 is 0 Å². The van der Waals surface area contributed by atoms with Gasteiger partial charge in [-0.15, -0.1) is 0 Å². The number of halogens is 1. The zero-order valence-corrected chi connectivity index (χ0v) is 15.8. The summed E-state index contributed by atoms with van der Waals surface area (Å²) in [6, 6.07) is 11.3. The molecule has 4 rings (SSSR count). The summed E-state index contributed by atoms with van der Waals surface area (Å²) >= 11 is 0. The number of nitrogens with zero attached hydrogens (tertiary/aromatic N) is 3. The number of likely N-dealkylation sites (tertiary alicyclic amines) is 1. The van der Waals surface area contributed by atoms with Gasteiger partial charge in [0.05, 0.1) is 0 Å². The van der Waals surface area contributed by atoms with E-state index < -0.39 is 0 Å². The van der Waals surface area contributed by atoms with E-state index in [1.54, 1.807) is 17.0 Å². The van der Waals surface area contributed by atoms with Crippen LogP contribution in [0.25, 0.3) is 11.4 Å². The van der Waals surface area contributed by atoms with Gasteiger partial charge in [0.25, 0.3) is 0 Å². The van der Waals surface area contributed by atoms with Gasteiger partial charge < -0.3 is 14.7 Å². The van der Waals surface area contributed by atoms with E-state index in [1.807, 2.05) is 32.0 Å². The molecule has 0 bridgehead atoms. The molecule has 2 heterocycles. The molecule has 1 saturated heterocycles. The SMILES string of the molecule is Cc1ccc(NC(=O)N2CCC[C@@H]2c2nc(-c3ccc(F)cc3)no2)cc1C. The Bertz CT molecular complexity index is 1000. The van der Waals surface area contributed by atoms with Gasteiger partial charge in [0, 0.05) is 17.8 Å². The molecule has 1 atom stereocenters. The average molecular weight is 380 g/mol. The Morgan fingerprint density at radius 2 is 1.96 bits per heavy atom. The van der Waals surface area contributed by atoms with E-state index in [-0.39, 0.29) is 17.9 Å². The molecular weight excluding hydrogens is 359 g/mol. The highest BCUT2D eigenvalue weighted by Crippen LogP contribution is 2.32. The number of urea groups is 1. The fourth-order valence-corrected chi connectivity index (χ4v) is 3.37. The third-order valence-electron chi connectivity index (χ3n) is 5.10. The number of carbonyl (C=O) groups excluding carboxylic acids is 1. The van der Waals surface area contributed by atoms with E-state index in [1.165, 1.54) is 17.7 Å². The average Bonchev–Trinajstić information content (AvgIpc) is 3.34. The number of hydrogen-bond donors (Lipinski definition) is 1. The van der Waals surface area contributed by atoms with Crippen molar-refractivity contribution in [3.63, 3.8) is 0 Å². The summed E-state index contributed by atoms with van der Waals surface area (Å²) in [5, 5.41) is 6.94. The molecule has 3 aromatic rings. The number of anilines is 1. The lowest BCUT2D eigenvalue weighted by Gasteiger charge is -2.22. The van der Waals surface area contributed by atoms with Crippen LogP contribution < -0.4 is 5.32 Å². The van der Waals surface area contributed by atoms with Gasteiger partial charge in [0.1, 0.15) is 11.9 Å². The van der Waals surface area contributed by atoms with Crippen molar-refractivity contribution in [2.75, 3.05) is 11.9 Å². The van der Waals surface area contributed by atoms with Crippen molar-refractivity contribution >= 4 is 11.7 Å². The predicted molar refractivity (Wildman–Crippen MR) is 103 cm³/mol.